The summed E-state index contributed by atoms with van der Waals surface area (Å²) < 4.78 is 5.26. The van der Waals surface area contributed by atoms with Crippen LogP contribution in [-0.2, 0) is 11.2 Å². The largest absolute Gasteiger partial charge is 0.465 e. The third-order valence-corrected chi connectivity index (χ3v) is 4.96. The first kappa shape index (κ1) is 19.5. The summed E-state index contributed by atoms with van der Waals surface area (Å²) in [4.78, 5) is 12.6. The standard InChI is InChI=1S/C27H23NO2/c29-27(18-17-25-12-7-19-30-25)28-26(20-21-8-3-1-4-9-21)24-15-13-23(14-16-24)22-10-5-2-6-11-22/h1-19,26H,20H2,(H,28,29). The van der Waals surface area contributed by atoms with Crippen LogP contribution in [-0.4, -0.2) is 5.91 Å². The lowest BCUT2D eigenvalue weighted by Crippen LogP contribution is -2.28. The minimum absolute atomic E-state index is 0.133. The molecule has 0 aliphatic heterocycles. The summed E-state index contributed by atoms with van der Waals surface area (Å²) in [6.07, 6.45) is 5.48. The van der Waals surface area contributed by atoms with Crippen LogP contribution in [0.15, 0.2) is 114 Å². The van der Waals surface area contributed by atoms with Crippen LogP contribution in [0.3, 0.4) is 0 Å². The number of hydrogen-bond donors (Lipinski definition) is 1. The molecule has 3 heteroatoms. The van der Waals surface area contributed by atoms with E-state index in [0.717, 1.165) is 11.1 Å². The first-order chi connectivity index (χ1) is 14.8. The topological polar surface area (TPSA) is 42.2 Å². The molecule has 0 aliphatic carbocycles. The number of amides is 1. The van der Waals surface area contributed by atoms with Crippen molar-refractivity contribution < 1.29 is 9.21 Å². The third-order valence-electron chi connectivity index (χ3n) is 4.96. The zero-order valence-corrected chi connectivity index (χ0v) is 16.6. The maximum Gasteiger partial charge on any atom is 0.244 e. The average Bonchev–Trinajstić information content (AvgIpc) is 3.33. The van der Waals surface area contributed by atoms with Crippen molar-refractivity contribution in [2.75, 3.05) is 0 Å². The van der Waals surface area contributed by atoms with Crippen molar-refractivity contribution in [3.8, 4) is 11.1 Å². The van der Waals surface area contributed by atoms with Crippen molar-refractivity contribution in [2.24, 2.45) is 0 Å². The molecule has 3 nitrogen and oxygen atoms in total. The van der Waals surface area contributed by atoms with Gasteiger partial charge in [-0.25, -0.2) is 0 Å². The van der Waals surface area contributed by atoms with Crippen LogP contribution in [0, 0.1) is 0 Å². The summed E-state index contributed by atoms with van der Waals surface area (Å²) in [6, 6.07) is 32.3. The van der Waals surface area contributed by atoms with E-state index in [4.69, 9.17) is 4.42 Å². The zero-order valence-electron chi connectivity index (χ0n) is 16.6. The number of rotatable bonds is 7. The number of hydrogen-bond acceptors (Lipinski definition) is 2. The minimum Gasteiger partial charge on any atom is -0.465 e. The van der Waals surface area contributed by atoms with Gasteiger partial charge in [0.25, 0.3) is 0 Å². The number of carbonyl (C=O) groups excluding carboxylic acids is 1. The summed E-state index contributed by atoms with van der Waals surface area (Å²) in [7, 11) is 0. The van der Waals surface area contributed by atoms with Crippen molar-refractivity contribution in [1.29, 1.82) is 0 Å². The van der Waals surface area contributed by atoms with Crippen LogP contribution in [0.4, 0.5) is 0 Å². The summed E-state index contributed by atoms with van der Waals surface area (Å²) in [5.41, 5.74) is 4.57. The molecule has 3 aromatic carbocycles. The van der Waals surface area contributed by atoms with Crippen LogP contribution >= 0.6 is 0 Å². The molecule has 148 valence electrons. The summed E-state index contributed by atoms with van der Waals surface area (Å²) in [5.74, 6) is 0.497. The zero-order chi connectivity index (χ0) is 20.6. The minimum atomic E-state index is -0.153. The molecule has 0 fully saturated rings. The van der Waals surface area contributed by atoms with E-state index in [-0.39, 0.29) is 11.9 Å². The van der Waals surface area contributed by atoms with E-state index in [1.807, 2.05) is 42.5 Å². The Hall–Kier alpha value is -3.85. The van der Waals surface area contributed by atoms with Gasteiger partial charge in [0.05, 0.1) is 12.3 Å². The summed E-state index contributed by atoms with van der Waals surface area (Å²) in [6.45, 7) is 0. The molecular weight excluding hydrogens is 370 g/mol. The van der Waals surface area contributed by atoms with Gasteiger partial charge in [0.1, 0.15) is 5.76 Å². The first-order valence-electron chi connectivity index (χ1n) is 9.99. The first-order valence-corrected chi connectivity index (χ1v) is 9.99. The van der Waals surface area contributed by atoms with Crippen molar-refractivity contribution >= 4 is 12.0 Å². The molecule has 0 saturated heterocycles. The Morgan fingerprint density at radius 2 is 1.47 bits per heavy atom. The Kier molecular flexibility index (Phi) is 6.21. The highest BCUT2D eigenvalue weighted by Crippen LogP contribution is 2.24. The van der Waals surface area contributed by atoms with Gasteiger partial charge in [0, 0.05) is 6.08 Å². The van der Waals surface area contributed by atoms with Crippen LogP contribution in [0.5, 0.6) is 0 Å². The second-order valence-electron chi connectivity index (χ2n) is 7.09. The monoisotopic (exact) mass is 393 g/mol. The molecule has 4 rings (SSSR count). The van der Waals surface area contributed by atoms with Gasteiger partial charge in [-0.2, -0.15) is 0 Å². The van der Waals surface area contributed by atoms with Crippen molar-refractivity contribution in [2.45, 2.75) is 12.5 Å². The quantitative estimate of drug-likeness (QED) is 0.388. The van der Waals surface area contributed by atoms with Gasteiger partial charge < -0.3 is 9.73 Å². The molecule has 1 heterocycles. The van der Waals surface area contributed by atoms with E-state index < -0.39 is 0 Å². The highest BCUT2D eigenvalue weighted by molar-refractivity contribution is 5.91. The van der Waals surface area contributed by atoms with Crippen LogP contribution < -0.4 is 5.32 Å². The highest BCUT2D eigenvalue weighted by Gasteiger charge is 2.14. The lowest BCUT2D eigenvalue weighted by molar-refractivity contribution is -0.117. The second-order valence-corrected chi connectivity index (χ2v) is 7.09. The molecule has 0 radical (unpaired) electrons. The van der Waals surface area contributed by atoms with Gasteiger partial charge in [0.15, 0.2) is 0 Å². The molecule has 0 spiro atoms. The molecule has 1 atom stereocenters. The third kappa shape index (κ3) is 5.15. The van der Waals surface area contributed by atoms with Gasteiger partial charge in [0.2, 0.25) is 5.91 Å². The Labute approximate surface area is 176 Å². The fraction of sp³-hybridized carbons (Fsp3) is 0.0741. The fourth-order valence-electron chi connectivity index (χ4n) is 3.40. The van der Waals surface area contributed by atoms with Crippen molar-refractivity contribution in [3.63, 3.8) is 0 Å². The molecule has 0 bridgehead atoms. The van der Waals surface area contributed by atoms with Crippen LogP contribution in [0.25, 0.3) is 17.2 Å². The van der Waals surface area contributed by atoms with Gasteiger partial charge in [-0.15, -0.1) is 0 Å². The number of nitrogens with one attached hydrogen (secondary N) is 1. The van der Waals surface area contributed by atoms with Crippen molar-refractivity contribution in [3.05, 3.63) is 126 Å². The SMILES string of the molecule is O=C(C=Cc1ccco1)NC(Cc1ccccc1)c1ccc(-c2ccccc2)cc1. The van der Waals surface area contributed by atoms with E-state index in [0.29, 0.717) is 12.2 Å². The Balaban J connectivity index is 1.54. The van der Waals surface area contributed by atoms with Crippen LogP contribution in [0.1, 0.15) is 22.9 Å². The molecule has 4 aromatic rings. The van der Waals surface area contributed by atoms with Gasteiger partial charge in [-0.05, 0) is 46.9 Å². The lowest BCUT2D eigenvalue weighted by Gasteiger charge is -2.19. The maximum atomic E-state index is 12.6. The molecular formula is C27H23NO2. The molecule has 1 amide bonds. The smallest absolute Gasteiger partial charge is 0.244 e. The van der Waals surface area contributed by atoms with Gasteiger partial charge in [-0.3, -0.25) is 4.79 Å². The van der Waals surface area contributed by atoms with E-state index in [9.17, 15) is 4.79 Å². The highest BCUT2D eigenvalue weighted by atomic mass is 16.3. The molecule has 1 N–H and O–H groups in total. The van der Waals surface area contributed by atoms with Gasteiger partial charge >= 0.3 is 0 Å². The van der Waals surface area contributed by atoms with Crippen LogP contribution in [0.2, 0.25) is 0 Å². The molecule has 30 heavy (non-hydrogen) atoms. The average molecular weight is 393 g/mol. The number of carbonyl (C=O) groups is 1. The normalized spacial score (nSPS) is 12.0. The lowest BCUT2D eigenvalue weighted by atomic mass is 9.96. The maximum absolute atomic E-state index is 12.6. The Bertz CT molecular complexity index is 1080. The number of benzene rings is 3. The predicted octanol–water partition coefficient (Wildman–Crippen LogP) is 6.06. The molecule has 0 saturated carbocycles. The predicted molar refractivity (Wildman–Crippen MR) is 121 cm³/mol. The molecule has 1 unspecified atom stereocenters. The van der Waals surface area contributed by atoms with E-state index in [1.54, 1.807) is 18.4 Å². The summed E-state index contributed by atoms with van der Waals surface area (Å²) >= 11 is 0. The Morgan fingerprint density at radius 3 is 2.13 bits per heavy atom. The Morgan fingerprint density at radius 1 is 0.800 bits per heavy atom. The second kappa shape index (κ2) is 9.57. The van der Waals surface area contributed by atoms with Crippen molar-refractivity contribution in [1.82, 2.24) is 5.32 Å². The van der Waals surface area contributed by atoms with E-state index in [1.165, 1.54) is 17.2 Å². The molecule has 1 aromatic heterocycles. The number of furan rings is 1. The summed E-state index contributed by atoms with van der Waals surface area (Å²) in [5, 5.41) is 3.14. The van der Waals surface area contributed by atoms with Gasteiger partial charge in [-0.1, -0.05) is 84.9 Å². The van der Waals surface area contributed by atoms with E-state index in [2.05, 4.69) is 53.8 Å². The van der Waals surface area contributed by atoms with E-state index >= 15 is 0 Å². The fourth-order valence-corrected chi connectivity index (χ4v) is 3.40. The molecule has 0 aliphatic rings.